The van der Waals surface area contributed by atoms with E-state index in [1.807, 2.05) is 11.0 Å². The zero-order valence-electron chi connectivity index (χ0n) is 15.5. The summed E-state index contributed by atoms with van der Waals surface area (Å²) in [7, 11) is 0. The van der Waals surface area contributed by atoms with Gasteiger partial charge >= 0.3 is 5.97 Å². The maximum atomic E-state index is 12.6. The van der Waals surface area contributed by atoms with Crippen molar-refractivity contribution in [2.24, 2.45) is 0 Å². The first-order chi connectivity index (χ1) is 13.5. The minimum atomic E-state index is -0.966. The molecule has 0 aliphatic carbocycles. The lowest BCUT2D eigenvalue weighted by atomic mass is 9.97. The van der Waals surface area contributed by atoms with Crippen LogP contribution in [0.5, 0.6) is 0 Å². The zero-order chi connectivity index (χ0) is 19.7. The molecule has 2 amide bonds. The fourth-order valence-electron chi connectivity index (χ4n) is 3.89. The number of hydrogen-bond acceptors (Lipinski definition) is 4. The summed E-state index contributed by atoms with van der Waals surface area (Å²) in [6.07, 6.45) is 2.01. The Morgan fingerprint density at radius 1 is 0.893 bits per heavy atom. The standard InChI is InChI=1S/C21H22N2O4S/c24-19(3-4-20(25)23-9-6-18-16(12-23)7-10-28-18)22-8-5-14-1-2-15(21(26)27)11-17(14)13-22/h1-2,7,10-11H,3-6,8-9,12-13H2,(H,26,27). The molecule has 1 N–H and O–H groups in total. The number of nitrogens with zero attached hydrogens (tertiary/aromatic N) is 2. The van der Waals surface area contributed by atoms with Crippen LogP contribution in [0, 0.1) is 0 Å². The number of amides is 2. The van der Waals surface area contributed by atoms with Gasteiger partial charge in [-0.05, 0) is 53.1 Å². The average molecular weight is 398 g/mol. The molecule has 0 unspecified atom stereocenters. The lowest BCUT2D eigenvalue weighted by molar-refractivity contribution is -0.138. The second-order valence-corrected chi connectivity index (χ2v) is 8.29. The van der Waals surface area contributed by atoms with Crippen molar-refractivity contribution in [2.45, 2.75) is 38.8 Å². The Balaban J connectivity index is 1.33. The Bertz CT molecular complexity index is 936. The van der Waals surface area contributed by atoms with Gasteiger partial charge in [-0.3, -0.25) is 9.59 Å². The van der Waals surface area contributed by atoms with Crippen LogP contribution in [-0.4, -0.2) is 45.8 Å². The highest BCUT2D eigenvalue weighted by atomic mass is 32.1. The molecule has 7 heteroatoms. The second kappa shape index (κ2) is 7.75. The van der Waals surface area contributed by atoms with Crippen molar-refractivity contribution in [1.29, 1.82) is 0 Å². The molecule has 2 aliphatic heterocycles. The molecule has 0 radical (unpaired) electrons. The lowest BCUT2D eigenvalue weighted by Crippen LogP contribution is -2.38. The van der Waals surface area contributed by atoms with Crippen LogP contribution in [0.15, 0.2) is 29.6 Å². The van der Waals surface area contributed by atoms with E-state index >= 15 is 0 Å². The quantitative estimate of drug-likeness (QED) is 0.859. The number of aromatic carboxylic acids is 1. The van der Waals surface area contributed by atoms with Crippen LogP contribution in [0.3, 0.4) is 0 Å². The van der Waals surface area contributed by atoms with Crippen LogP contribution < -0.4 is 0 Å². The van der Waals surface area contributed by atoms with Crippen LogP contribution in [0.4, 0.5) is 0 Å². The van der Waals surface area contributed by atoms with E-state index in [2.05, 4.69) is 11.4 Å². The maximum Gasteiger partial charge on any atom is 0.335 e. The summed E-state index contributed by atoms with van der Waals surface area (Å²) >= 11 is 1.74. The molecule has 1 aromatic carbocycles. The van der Waals surface area contributed by atoms with Crippen molar-refractivity contribution in [3.63, 3.8) is 0 Å². The number of hydrogen-bond donors (Lipinski definition) is 1. The van der Waals surface area contributed by atoms with Gasteiger partial charge in [0.2, 0.25) is 11.8 Å². The zero-order valence-corrected chi connectivity index (χ0v) is 16.3. The fraction of sp³-hybridized carbons (Fsp3) is 0.381. The molecule has 0 bridgehead atoms. The molecule has 28 heavy (non-hydrogen) atoms. The summed E-state index contributed by atoms with van der Waals surface area (Å²) in [6.45, 7) is 2.37. The summed E-state index contributed by atoms with van der Waals surface area (Å²) in [4.78, 5) is 41.2. The smallest absolute Gasteiger partial charge is 0.335 e. The monoisotopic (exact) mass is 398 g/mol. The van der Waals surface area contributed by atoms with E-state index in [-0.39, 0.29) is 30.2 Å². The third-order valence-corrected chi connectivity index (χ3v) is 6.55. The van der Waals surface area contributed by atoms with E-state index in [4.69, 9.17) is 5.11 Å². The van der Waals surface area contributed by atoms with Crippen molar-refractivity contribution in [2.75, 3.05) is 13.1 Å². The predicted octanol–water partition coefficient (Wildman–Crippen LogP) is 2.70. The Morgan fingerprint density at radius 2 is 1.57 bits per heavy atom. The molecule has 6 nitrogen and oxygen atoms in total. The number of fused-ring (bicyclic) bond motifs is 2. The van der Waals surface area contributed by atoms with Gasteiger partial charge in [0, 0.05) is 43.9 Å². The Morgan fingerprint density at radius 3 is 2.29 bits per heavy atom. The van der Waals surface area contributed by atoms with E-state index in [9.17, 15) is 14.4 Å². The molecule has 146 valence electrons. The van der Waals surface area contributed by atoms with Gasteiger partial charge < -0.3 is 14.9 Å². The first-order valence-corrected chi connectivity index (χ1v) is 10.3. The van der Waals surface area contributed by atoms with Crippen molar-refractivity contribution in [3.8, 4) is 0 Å². The number of benzene rings is 1. The lowest BCUT2D eigenvalue weighted by Gasteiger charge is -2.30. The van der Waals surface area contributed by atoms with E-state index in [1.54, 1.807) is 28.4 Å². The normalized spacial score (nSPS) is 15.7. The fourth-order valence-corrected chi connectivity index (χ4v) is 4.78. The second-order valence-electron chi connectivity index (χ2n) is 7.29. The van der Waals surface area contributed by atoms with E-state index in [0.29, 0.717) is 26.1 Å². The van der Waals surface area contributed by atoms with E-state index in [0.717, 1.165) is 24.1 Å². The largest absolute Gasteiger partial charge is 0.478 e. The molecule has 2 aliphatic rings. The number of carboxylic acids is 1. The highest BCUT2D eigenvalue weighted by molar-refractivity contribution is 7.10. The molecule has 0 saturated heterocycles. The molecular weight excluding hydrogens is 376 g/mol. The van der Waals surface area contributed by atoms with Crippen molar-refractivity contribution in [3.05, 3.63) is 56.8 Å². The summed E-state index contributed by atoms with van der Waals surface area (Å²) in [6, 6.07) is 7.16. The highest BCUT2D eigenvalue weighted by Gasteiger charge is 2.25. The van der Waals surface area contributed by atoms with Gasteiger partial charge in [-0.1, -0.05) is 6.07 Å². The maximum absolute atomic E-state index is 12.6. The number of carboxylic acid groups (broad SMARTS) is 1. The van der Waals surface area contributed by atoms with Crippen molar-refractivity contribution in [1.82, 2.24) is 9.80 Å². The summed E-state index contributed by atoms with van der Waals surface area (Å²) in [5, 5.41) is 11.2. The number of carbonyl (C=O) groups is 3. The van der Waals surface area contributed by atoms with Crippen LogP contribution in [-0.2, 0) is 35.5 Å². The molecule has 0 fully saturated rings. The molecule has 0 atom stereocenters. The van der Waals surface area contributed by atoms with Crippen LogP contribution >= 0.6 is 11.3 Å². The first kappa shape index (κ1) is 18.7. The molecular formula is C21H22N2O4S. The predicted molar refractivity (Wildman–Crippen MR) is 105 cm³/mol. The van der Waals surface area contributed by atoms with Gasteiger partial charge in [0.25, 0.3) is 0 Å². The van der Waals surface area contributed by atoms with Crippen molar-refractivity contribution >= 4 is 29.1 Å². The number of thiophene rings is 1. The summed E-state index contributed by atoms with van der Waals surface area (Å²) in [5.74, 6) is -0.990. The molecule has 4 rings (SSSR count). The molecule has 0 spiro atoms. The minimum absolute atomic E-state index is 0.0239. The highest BCUT2D eigenvalue weighted by Crippen LogP contribution is 2.25. The van der Waals surface area contributed by atoms with E-state index in [1.165, 1.54) is 10.4 Å². The van der Waals surface area contributed by atoms with E-state index < -0.39 is 5.97 Å². The third-order valence-electron chi connectivity index (χ3n) is 5.53. The van der Waals surface area contributed by atoms with Gasteiger partial charge in [-0.2, -0.15) is 0 Å². The van der Waals surface area contributed by atoms with Crippen LogP contribution in [0.1, 0.15) is 44.8 Å². The van der Waals surface area contributed by atoms with Gasteiger partial charge in [-0.15, -0.1) is 11.3 Å². The topological polar surface area (TPSA) is 77.9 Å². The molecule has 1 aromatic heterocycles. The Labute approximate surface area is 167 Å². The van der Waals surface area contributed by atoms with Gasteiger partial charge in [0.15, 0.2) is 0 Å². The third kappa shape index (κ3) is 3.80. The molecule has 2 aromatic rings. The Hall–Kier alpha value is -2.67. The van der Waals surface area contributed by atoms with Gasteiger partial charge in [0.1, 0.15) is 0 Å². The first-order valence-electron chi connectivity index (χ1n) is 9.47. The Kier molecular flexibility index (Phi) is 5.17. The van der Waals surface area contributed by atoms with Crippen LogP contribution in [0.2, 0.25) is 0 Å². The number of carbonyl (C=O) groups excluding carboxylic acids is 2. The number of rotatable bonds is 4. The van der Waals surface area contributed by atoms with Crippen LogP contribution in [0.25, 0.3) is 0 Å². The van der Waals surface area contributed by atoms with Gasteiger partial charge in [0.05, 0.1) is 5.56 Å². The van der Waals surface area contributed by atoms with Crippen molar-refractivity contribution < 1.29 is 19.5 Å². The summed E-state index contributed by atoms with van der Waals surface area (Å²) in [5.41, 5.74) is 3.43. The van der Waals surface area contributed by atoms with Gasteiger partial charge in [-0.25, -0.2) is 4.79 Å². The average Bonchev–Trinajstić information content (AvgIpc) is 3.18. The molecule has 3 heterocycles. The summed E-state index contributed by atoms with van der Waals surface area (Å²) < 4.78 is 0. The molecule has 0 saturated carbocycles. The SMILES string of the molecule is O=C(O)c1ccc2c(c1)CN(C(=O)CCC(=O)N1CCc3sccc3C1)CC2. The minimum Gasteiger partial charge on any atom is -0.478 e.